The normalized spacial score (nSPS) is 11.3. The number of hydrogen-bond acceptors (Lipinski definition) is 1. The molecule has 0 aliphatic carbocycles. The Morgan fingerprint density at radius 3 is 2.33 bits per heavy atom. The van der Waals surface area contributed by atoms with Gasteiger partial charge in [0.15, 0.2) is 0 Å². The molecular weight excluding hydrogens is 439 g/mol. The van der Waals surface area contributed by atoms with Crippen LogP contribution < -0.4 is 0 Å². The number of para-hydroxylation sites is 1. The van der Waals surface area contributed by atoms with E-state index in [0.717, 1.165) is 15.6 Å². The first-order chi connectivity index (χ1) is 10.2. The third-order valence-electron chi connectivity index (χ3n) is 3.63. The lowest BCUT2D eigenvalue weighted by atomic mass is 10.0. The predicted molar refractivity (Wildman–Crippen MR) is 99.6 cm³/mol. The fourth-order valence-corrected chi connectivity index (χ4v) is 3.34. The Balaban J connectivity index is 1.97. The minimum atomic E-state index is 0.937. The molecule has 1 heterocycles. The maximum Gasteiger partial charge on any atom is 0.135 e. The van der Waals surface area contributed by atoms with E-state index in [1.165, 1.54) is 25.5 Å². The molecule has 4 rings (SSSR count). The molecule has 21 heavy (non-hydrogen) atoms. The molecule has 0 atom stereocenters. The zero-order valence-corrected chi connectivity index (χ0v) is 14.7. The molecule has 0 saturated carbocycles. The standard InChI is InChI=1S/C18H10BrIO/c19-15-7-5-12(10-16(15)20)11-6-8-18-14(9-11)13-3-1-2-4-17(13)21-18/h1-10H. The second-order valence-electron chi connectivity index (χ2n) is 4.94. The SMILES string of the molecule is Brc1ccc(-c2ccc3oc4ccccc4c3c2)cc1I. The van der Waals surface area contributed by atoms with Crippen LogP contribution in [0.3, 0.4) is 0 Å². The van der Waals surface area contributed by atoms with Crippen molar-refractivity contribution in [2.75, 3.05) is 0 Å². The molecule has 0 N–H and O–H groups in total. The van der Waals surface area contributed by atoms with Gasteiger partial charge in [-0.1, -0.05) is 30.3 Å². The Morgan fingerprint density at radius 2 is 1.48 bits per heavy atom. The first kappa shape index (κ1) is 13.3. The highest BCUT2D eigenvalue weighted by molar-refractivity contribution is 14.1. The summed E-state index contributed by atoms with van der Waals surface area (Å²) in [4.78, 5) is 0. The van der Waals surface area contributed by atoms with E-state index in [2.05, 4.69) is 81.0 Å². The van der Waals surface area contributed by atoms with Crippen molar-refractivity contribution in [1.29, 1.82) is 0 Å². The van der Waals surface area contributed by atoms with Gasteiger partial charge in [0.2, 0.25) is 0 Å². The van der Waals surface area contributed by atoms with Crippen molar-refractivity contribution in [1.82, 2.24) is 0 Å². The molecule has 1 nitrogen and oxygen atoms in total. The Bertz CT molecular complexity index is 971. The van der Waals surface area contributed by atoms with Gasteiger partial charge < -0.3 is 4.42 Å². The molecule has 0 radical (unpaired) electrons. The summed E-state index contributed by atoms with van der Waals surface area (Å²) in [7, 11) is 0. The Morgan fingerprint density at radius 1 is 0.762 bits per heavy atom. The van der Waals surface area contributed by atoms with Crippen molar-refractivity contribution in [3.8, 4) is 11.1 Å². The molecule has 0 amide bonds. The lowest BCUT2D eigenvalue weighted by Crippen LogP contribution is -1.81. The van der Waals surface area contributed by atoms with Crippen molar-refractivity contribution in [2.24, 2.45) is 0 Å². The summed E-state index contributed by atoms with van der Waals surface area (Å²) < 4.78 is 8.21. The Kier molecular flexibility index (Phi) is 3.27. The second-order valence-corrected chi connectivity index (χ2v) is 6.95. The molecule has 1 aromatic heterocycles. The van der Waals surface area contributed by atoms with Crippen molar-refractivity contribution in [3.63, 3.8) is 0 Å². The van der Waals surface area contributed by atoms with Crippen LogP contribution in [0, 0.1) is 3.57 Å². The fraction of sp³-hybridized carbons (Fsp3) is 0. The number of benzene rings is 3. The number of halogens is 2. The van der Waals surface area contributed by atoms with Gasteiger partial charge in [0.05, 0.1) is 0 Å². The van der Waals surface area contributed by atoms with E-state index in [-0.39, 0.29) is 0 Å². The van der Waals surface area contributed by atoms with Crippen LogP contribution in [0.25, 0.3) is 33.1 Å². The molecule has 4 aromatic rings. The van der Waals surface area contributed by atoms with E-state index in [9.17, 15) is 0 Å². The molecule has 102 valence electrons. The number of furan rings is 1. The van der Waals surface area contributed by atoms with Crippen LogP contribution in [0.15, 0.2) is 69.6 Å². The van der Waals surface area contributed by atoms with Crippen LogP contribution >= 0.6 is 38.5 Å². The molecule has 0 aliphatic rings. The van der Waals surface area contributed by atoms with Crippen molar-refractivity contribution in [3.05, 3.63) is 68.7 Å². The Hall–Kier alpha value is -1.33. The molecule has 0 fully saturated rings. The number of hydrogen-bond donors (Lipinski definition) is 0. The van der Waals surface area contributed by atoms with Gasteiger partial charge in [-0.05, 0) is 80.0 Å². The highest BCUT2D eigenvalue weighted by Gasteiger charge is 2.08. The molecule has 3 aromatic carbocycles. The summed E-state index contributed by atoms with van der Waals surface area (Å²) in [6.45, 7) is 0. The quantitative estimate of drug-likeness (QED) is 0.298. The predicted octanol–water partition coefficient (Wildman–Crippen LogP) is 6.62. The average molecular weight is 449 g/mol. The molecule has 0 bridgehead atoms. The lowest BCUT2D eigenvalue weighted by Gasteiger charge is -2.04. The zero-order valence-electron chi connectivity index (χ0n) is 10.9. The largest absolute Gasteiger partial charge is 0.456 e. The van der Waals surface area contributed by atoms with Gasteiger partial charge in [-0.2, -0.15) is 0 Å². The van der Waals surface area contributed by atoms with Gasteiger partial charge in [-0.25, -0.2) is 0 Å². The average Bonchev–Trinajstić information content (AvgIpc) is 2.88. The lowest BCUT2D eigenvalue weighted by molar-refractivity contribution is 0.669. The molecule has 0 spiro atoms. The summed E-state index contributed by atoms with van der Waals surface area (Å²) in [6.07, 6.45) is 0. The summed E-state index contributed by atoms with van der Waals surface area (Å²) in [6, 6.07) is 21.0. The Labute approximate surface area is 144 Å². The van der Waals surface area contributed by atoms with Gasteiger partial charge >= 0.3 is 0 Å². The van der Waals surface area contributed by atoms with Crippen LogP contribution in [0.1, 0.15) is 0 Å². The van der Waals surface area contributed by atoms with E-state index in [0.29, 0.717) is 0 Å². The highest BCUT2D eigenvalue weighted by atomic mass is 127. The maximum absolute atomic E-state index is 5.88. The van der Waals surface area contributed by atoms with Crippen molar-refractivity contribution < 1.29 is 4.42 Å². The molecule has 3 heteroatoms. The summed E-state index contributed by atoms with van der Waals surface area (Å²) in [5.41, 5.74) is 4.30. The summed E-state index contributed by atoms with van der Waals surface area (Å²) in [5, 5.41) is 2.34. The third kappa shape index (κ3) is 2.28. The first-order valence-corrected chi connectivity index (χ1v) is 8.46. The van der Waals surface area contributed by atoms with Crippen molar-refractivity contribution in [2.45, 2.75) is 0 Å². The van der Waals surface area contributed by atoms with E-state index in [1.54, 1.807) is 0 Å². The molecule has 0 aliphatic heterocycles. The van der Waals surface area contributed by atoms with Gasteiger partial charge in [0.25, 0.3) is 0 Å². The smallest absolute Gasteiger partial charge is 0.135 e. The second kappa shape index (κ2) is 5.14. The van der Waals surface area contributed by atoms with Gasteiger partial charge in [-0.15, -0.1) is 0 Å². The van der Waals surface area contributed by atoms with Crippen LogP contribution in [0.5, 0.6) is 0 Å². The minimum absolute atomic E-state index is 0.937. The maximum atomic E-state index is 5.88. The highest BCUT2D eigenvalue weighted by Crippen LogP contribution is 2.33. The van der Waals surface area contributed by atoms with Gasteiger partial charge in [0.1, 0.15) is 11.2 Å². The number of fused-ring (bicyclic) bond motifs is 3. The van der Waals surface area contributed by atoms with Crippen LogP contribution in [-0.2, 0) is 0 Å². The van der Waals surface area contributed by atoms with E-state index in [4.69, 9.17) is 4.42 Å². The van der Waals surface area contributed by atoms with E-state index < -0.39 is 0 Å². The van der Waals surface area contributed by atoms with Gasteiger partial charge in [-0.3, -0.25) is 0 Å². The van der Waals surface area contributed by atoms with Gasteiger partial charge in [0, 0.05) is 18.8 Å². The fourth-order valence-electron chi connectivity index (χ4n) is 2.58. The molecule has 0 saturated heterocycles. The molecule has 0 unspecified atom stereocenters. The monoisotopic (exact) mass is 448 g/mol. The summed E-state index contributed by atoms with van der Waals surface area (Å²) in [5.74, 6) is 0. The van der Waals surface area contributed by atoms with Crippen LogP contribution in [0.2, 0.25) is 0 Å². The first-order valence-electron chi connectivity index (χ1n) is 6.59. The van der Waals surface area contributed by atoms with E-state index >= 15 is 0 Å². The zero-order chi connectivity index (χ0) is 14.4. The topological polar surface area (TPSA) is 13.1 Å². The molecular formula is C18H10BrIO. The summed E-state index contributed by atoms with van der Waals surface area (Å²) >= 11 is 5.89. The van der Waals surface area contributed by atoms with Crippen LogP contribution in [-0.4, -0.2) is 0 Å². The minimum Gasteiger partial charge on any atom is -0.456 e. The third-order valence-corrected chi connectivity index (χ3v) is 5.95. The van der Waals surface area contributed by atoms with E-state index in [1.807, 2.05) is 18.2 Å². The number of rotatable bonds is 1. The van der Waals surface area contributed by atoms with Crippen LogP contribution in [0.4, 0.5) is 0 Å². The van der Waals surface area contributed by atoms with Crippen molar-refractivity contribution >= 4 is 60.5 Å².